The van der Waals surface area contributed by atoms with Crippen molar-refractivity contribution in [2.24, 2.45) is 0 Å². The second-order valence-electron chi connectivity index (χ2n) is 4.71. The van der Waals surface area contributed by atoms with Gasteiger partial charge in [0.25, 0.3) is 0 Å². The van der Waals surface area contributed by atoms with Crippen LogP contribution in [0.15, 0.2) is 24.3 Å². The quantitative estimate of drug-likeness (QED) is 0.908. The van der Waals surface area contributed by atoms with Crippen molar-refractivity contribution in [2.45, 2.75) is 19.9 Å². The summed E-state index contributed by atoms with van der Waals surface area (Å²) in [5.41, 5.74) is 3.63. The van der Waals surface area contributed by atoms with Crippen molar-refractivity contribution in [1.82, 2.24) is 10.3 Å². The zero-order chi connectivity index (χ0) is 13.8. The molecule has 1 aromatic carbocycles. The minimum absolute atomic E-state index is 0.899. The van der Waals surface area contributed by atoms with Gasteiger partial charge in [0.15, 0.2) is 0 Å². The summed E-state index contributed by atoms with van der Waals surface area (Å²) in [7, 11) is 6.09. The second kappa shape index (κ2) is 6.17. The van der Waals surface area contributed by atoms with Crippen LogP contribution in [0.2, 0.25) is 0 Å². The predicted molar refractivity (Wildman–Crippen MR) is 84.0 cm³/mol. The van der Waals surface area contributed by atoms with Crippen molar-refractivity contribution in [3.63, 3.8) is 0 Å². The Hall–Kier alpha value is -1.39. The first kappa shape index (κ1) is 14.0. The Kier molecular flexibility index (Phi) is 4.56. The topological polar surface area (TPSA) is 28.2 Å². The van der Waals surface area contributed by atoms with Crippen LogP contribution in [-0.4, -0.2) is 26.1 Å². The fourth-order valence-corrected chi connectivity index (χ4v) is 3.15. The molecule has 0 unspecified atom stereocenters. The number of hydrogen-bond acceptors (Lipinski definition) is 4. The molecule has 0 aliphatic carbocycles. The molecule has 1 heterocycles. The highest BCUT2D eigenvalue weighted by molar-refractivity contribution is 7.15. The van der Waals surface area contributed by atoms with E-state index < -0.39 is 0 Å². The smallest absolute Gasteiger partial charge is 0.123 e. The third-order valence-electron chi connectivity index (χ3n) is 3.08. The van der Waals surface area contributed by atoms with Gasteiger partial charge in [0.2, 0.25) is 0 Å². The van der Waals surface area contributed by atoms with Gasteiger partial charge in [0.1, 0.15) is 5.01 Å². The van der Waals surface area contributed by atoms with E-state index in [1.807, 2.05) is 7.05 Å². The number of aromatic nitrogens is 1. The molecular formula is C15H21N3S. The molecule has 2 aromatic rings. The van der Waals surface area contributed by atoms with E-state index in [-0.39, 0.29) is 0 Å². The molecule has 4 heteroatoms. The maximum absolute atomic E-state index is 4.76. The van der Waals surface area contributed by atoms with E-state index in [1.54, 1.807) is 11.3 Å². The molecule has 1 aromatic heterocycles. The normalized spacial score (nSPS) is 10.7. The predicted octanol–water partition coefficient (Wildman–Crippen LogP) is 3.16. The third-order valence-corrected chi connectivity index (χ3v) is 4.23. The minimum atomic E-state index is 0.899. The number of rotatable bonds is 5. The maximum Gasteiger partial charge on any atom is 0.123 e. The van der Waals surface area contributed by atoms with Crippen LogP contribution in [0.1, 0.15) is 17.5 Å². The summed E-state index contributed by atoms with van der Waals surface area (Å²) in [6, 6.07) is 8.58. The molecule has 0 fully saturated rings. The Balaban J connectivity index is 2.30. The summed E-state index contributed by atoms with van der Waals surface area (Å²) in [5, 5.41) is 4.33. The van der Waals surface area contributed by atoms with Gasteiger partial charge in [-0.3, -0.25) is 0 Å². The van der Waals surface area contributed by atoms with Crippen molar-refractivity contribution in [3.05, 3.63) is 34.8 Å². The summed E-state index contributed by atoms with van der Waals surface area (Å²) in [6.45, 7) is 3.06. The van der Waals surface area contributed by atoms with Crippen LogP contribution in [-0.2, 0) is 13.0 Å². The molecule has 2 rings (SSSR count). The molecule has 19 heavy (non-hydrogen) atoms. The number of nitrogens with one attached hydrogen (secondary N) is 1. The molecule has 0 amide bonds. The van der Waals surface area contributed by atoms with Gasteiger partial charge in [-0.25, -0.2) is 4.98 Å². The summed E-state index contributed by atoms with van der Waals surface area (Å²) in [6.07, 6.45) is 0.989. The number of nitrogens with zero attached hydrogens (tertiary/aromatic N) is 2. The van der Waals surface area contributed by atoms with Gasteiger partial charge in [0, 0.05) is 36.8 Å². The molecule has 3 nitrogen and oxygen atoms in total. The summed E-state index contributed by atoms with van der Waals surface area (Å²) >= 11 is 1.79. The second-order valence-corrected chi connectivity index (χ2v) is 5.80. The lowest BCUT2D eigenvalue weighted by atomic mass is 10.2. The Bertz CT molecular complexity index is 529. The Morgan fingerprint density at radius 2 is 1.89 bits per heavy atom. The number of anilines is 1. The molecule has 0 radical (unpaired) electrons. The van der Waals surface area contributed by atoms with Crippen molar-refractivity contribution < 1.29 is 0 Å². The van der Waals surface area contributed by atoms with Crippen molar-refractivity contribution in [3.8, 4) is 10.6 Å². The average Bonchev–Trinajstić information content (AvgIpc) is 2.82. The van der Waals surface area contributed by atoms with Crippen LogP contribution in [0.25, 0.3) is 10.6 Å². The highest BCUT2D eigenvalue weighted by atomic mass is 32.1. The summed E-state index contributed by atoms with van der Waals surface area (Å²) in [4.78, 5) is 8.21. The SMILES string of the molecule is CCc1nc(-c2ccc(N(C)C)cc2)sc1CNC. The van der Waals surface area contributed by atoms with Crippen LogP contribution in [0.5, 0.6) is 0 Å². The zero-order valence-electron chi connectivity index (χ0n) is 12.0. The van der Waals surface area contributed by atoms with E-state index in [0.717, 1.165) is 18.0 Å². The first-order valence-corrected chi connectivity index (χ1v) is 7.38. The molecule has 1 N–H and O–H groups in total. The third kappa shape index (κ3) is 3.14. The molecule has 0 bridgehead atoms. The van der Waals surface area contributed by atoms with Gasteiger partial charge >= 0.3 is 0 Å². The van der Waals surface area contributed by atoms with Crippen LogP contribution >= 0.6 is 11.3 Å². The molecule has 0 saturated carbocycles. The van der Waals surface area contributed by atoms with Gasteiger partial charge in [0.05, 0.1) is 5.69 Å². The molecular weight excluding hydrogens is 254 g/mol. The highest BCUT2D eigenvalue weighted by Crippen LogP contribution is 2.29. The molecule has 0 spiro atoms. The molecule has 0 aliphatic rings. The van der Waals surface area contributed by atoms with Crippen LogP contribution in [0.3, 0.4) is 0 Å². The number of hydrogen-bond donors (Lipinski definition) is 1. The molecule has 0 saturated heterocycles. The number of aryl methyl sites for hydroxylation is 1. The molecule has 102 valence electrons. The van der Waals surface area contributed by atoms with E-state index in [4.69, 9.17) is 4.98 Å². The van der Waals surface area contributed by atoms with Gasteiger partial charge in [-0.05, 0) is 37.7 Å². The van der Waals surface area contributed by atoms with Crippen molar-refractivity contribution in [1.29, 1.82) is 0 Å². The van der Waals surface area contributed by atoms with Crippen molar-refractivity contribution in [2.75, 3.05) is 26.0 Å². The number of thiazole rings is 1. The molecule has 0 aliphatic heterocycles. The van der Waals surface area contributed by atoms with Crippen molar-refractivity contribution >= 4 is 17.0 Å². The van der Waals surface area contributed by atoms with Gasteiger partial charge < -0.3 is 10.2 Å². The first-order chi connectivity index (χ1) is 9.15. The fraction of sp³-hybridized carbons (Fsp3) is 0.400. The maximum atomic E-state index is 4.76. The van der Waals surface area contributed by atoms with Gasteiger partial charge in [-0.2, -0.15) is 0 Å². The lowest BCUT2D eigenvalue weighted by Gasteiger charge is -2.11. The average molecular weight is 275 g/mol. The first-order valence-electron chi connectivity index (χ1n) is 6.56. The van der Waals surface area contributed by atoms with Gasteiger partial charge in [-0.1, -0.05) is 6.92 Å². The lowest BCUT2D eigenvalue weighted by molar-refractivity contribution is 0.815. The lowest BCUT2D eigenvalue weighted by Crippen LogP contribution is -2.07. The van der Waals surface area contributed by atoms with Gasteiger partial charge in [-0.15, -0.1) is 11.3 Å². The molecule has 0 atom stereocenters. The van der Waals surface area contributed by atoms with E-state index >= 15 is 0 Å². The number of benzene rings is 1. The Morgan fingerprint density at radius 3 is 2.42 bits per heavy atom. The summed E-state index contributed by atoms with van der Waals surface area (Å²) in [5.74, 6) is 0. The van der Waals surface area contributed by atoms with Crippen LogP contribution < -0.4 is 10.2 Å². The monoisotopic (exact) mass is 275 g/mol. The van der Waals surface area contributed by atoms with Crippen LogP contribution in [0, 0.1) is 0 Å². The Morgan fingerprint density at radius 1 is 1.21 bits per heavy atom. The largest absolute Gasteiger partial charge is 0.378 e. The minimum Gasteiger partial charge on any atom is -0.378 e. The Labute approximate surface area is 119 Å². The standard InChI is InChI=1S/C15H21N3S/c1-5-13-14(10-16-2)19-15(17-13)11-6-8-12(9-7-11)18(3)4/h6-9,16H,5,10H2,1-4H3. The van der Waals surface area contributed by atoms with E-state index in [2.05, 4.69) is 55.5 Å². The zero-order valence-corrected chi connectivity index (χ0v) is 12.8. The van der Waals surface area contributed by atoms with E-state index in [9.17, 15) is 0 Å². The van der Waals surface area contributed by atoms with E-state index in [1.165, 1.54) is 21.8 Å². The summed E-state index contributed by atoms with van der Waals surface area (Å²) < 4.78 is 0. The van der Waals surface area contributed by atoms with E-state index in [0.29, 0.717) is 0 Å². The fourth-order valence-electron chi connectivity index (χ4n) is 1.98. The van der Waals surface area contributed by atoms with Crippen LogP contribution in [0.4, 0.5) is 5.69 Å². The highest BCUT2D eigenvalue weighted by Gasteiger charge is 2.10.